The fourth-order valence-electron chi connectivity index (χ4n) is 1.60. The summed E-state index contributed by atoms with van der Waals surface area (Å²) in [6, 6.07) is 0. The largest absolute Gasteiger partial charge is 0.394 e. The molecule has 1 heterocycles. The van der Waals surface area contributed by atoms with Crippen LogP contribution in [0.3, 0.4) is 0 Å². The molecular weight excluding hydrogens is 240 g/mol. The van der Waals surface area contributed by atoms with E-state index in [1.165, 1.54) is 0 Å². The van der Waals surface area contributed by atoms with Crippen molar-refractivity contribution in [1.82, 2.24) is 0 Å². The molecule has 0 aromatic rings. The summed E-state index contributed by atoms with van der Waals surface area (Å²) in [5.74, 6) is 0. The van der Waals surface area contributed by atoms with Crippen molar-refractivity contribution < 1.29 is 29.9 Å². The Kier molecular flexibility index (Phi) is 6.48. The fraction of sp³-hybridized carbons (Fsp3) is 0.667. The van der Waals surface area contributed by atoms with E-state index in [0.717, 1.165) is 0 Å². The van der Waals surface area contributed by atoms with Gasteiger partial charge in [-0.3, -0.25) is 0 Å². The molecule has 5 atom stereocenters. The van der Waals surface area contributed by atoms with Crippen molar-refractivity contribution >= 4 is 0 Å². The maximum absolute atomic E-state index is 9.64. The lowest BCUT2D eigenvalue weighted by Gasteiger charge is -2.39. The highest BCUT2D eigenvalue weighted by Gasteiger charge is 2.43. The Bertz CT molecular complexity index is 288. The summed E-state index contributed by atoms with van der Waals surface area (Å²) in [7, 11) is 0. The predicted molar refractivity (Wildman–Crippen MR) is 63.7 cm³/mol. The van der Waals surface area contributed by atoms with E-state index in [9.17, 15) is 15.3 Å². The standard InChI is InChI=1S/C12H20O6/c1-2-3-4-5-6-17-12-11(16)10(15)9(14)8(7-13)18-12/h2-5,8-16H,6-7H2,1H3/b3-2+,5-4+/t8?,9-,10+,11?,12+/m0/s1. The molecule has 2 unspecified atom stereocenters. The molecule has 1 aliphatic heterocycles. The first kappa shape index (κ1) is 15.3. The summed E-state index contributed by atoms with van der Waals surface area (Å²) in [4.78, 5) is 0. The van der Waals surface area contributed by atoms with Crippen LogP contribution in [0.2, 0.25) is 0 Å². The molecular formula is C12H20O6. The quantitative estimate of drug-likeness (QED) is 0.470. The molecule has 104 valence electrons. The Balaban J connectivity index is 2.49. The third-order valence-corrected chi connectivity index (χ3v) is 2.64. The van der Waals surface area contributed by atoms with Gasteiger partial charge in [0, 0.05) is 0 Å². The Morgan fingerprint density at radius 1 is 1.11 bits per heavy atom. The Labute approximate surface area is 106 Å². The van der Waals surface area contributed by atoms with Crippen LogP contribution in [-0.2, 0) is 9.47 Å². The van der Waals surface area contributed by atoms with E-state index in [0.29, 0.717) is 0 Å². The molecule has 6 heteroatoms. The Hall–Kier alpha value is -0.760. The molecule has 0 bridgehead atoms. The summed E-state index contributed by atoms with van der Waals surface area (Å²) in [5.41, 5.74) is 0. The summed E-state index contributed by atoms with van der Waals surface area (Å²) in [6.45, 7) is 1.61. The first-order chi connectivity index (χ1) is 8.61. The SMILES string of the molecule is C/C=C/C=C/CO[C@@H]1OC(CO)[C@H](O)[C@@H](O)C1O. The molecule has 0 aromatic carbocycles. The maximum Gasteiger partial charge on any atom is 0.187 e. The van der Waals surface area contributed by atoms with Crippen LogP contribution in [0, 0.1) is 0 Å². The number of rotatable bonds is 5. The monoisotopic (exact) mass is 260 g/mol. The van der Waals surface area contributed by atoms with Crippen molar-refractivity contribution in [2.75, 3.05) is 13.2 Å². The molecule has 0 spiro atoms. The maximum atomic E-state index is 9.64. The van der Waals surface area contributed by atoms with Gasteiger partial charge in [-0.1, -0.05) is 24.3 Å². The number of ether oxygens (including phenoxy) is 2. The minimum atomic E-state index is -1.40. The van der Waals surface area contributed by atoms with Crippen LogP contribution < -0.4 is 0 Å². The van der Waals surface area contributed by atoms with Crippen LogP contribution in [0.25, 0.3) is 0 Å². The lowest BCUT2D eigenvalue weighted by atomic mass is 9.99. The second-order valence-corrected chi connectivity index (χ2v) is 3.98. The number of aliphatic hydroxyl groups is 4. The van der Waals surface area contributed by atoms with Crippen molar-refractivity contribution in [2.45, 2.75) is 37.6 Å². The summed E-state index contributed by atoms with van der Waals surface area (Å²) in [6.07, 6.45) is 1.03. The number of aliphatic hydroxyl groups excluding tert-OH is 4. The zero-order valence-corrected chi connectivity index (χ0v) is 10.2. The molecule has 0 amide bonds. The van der Waals surface area contributed by atoms with Gasteiger partial charge in [0.25, 0.3) is 0 Å². The van der Waals surface area contributed by atoms with Crippen molar-refractivity contribution in [1.29, 1.82) is 0 Å². The lowest BCUT2D eigenvalue weighted by molar-refractivity contribution is -0.298. The average molecular weight is 260 g/mol. The van der Waals surface area contributed by atoms with E-state index in [1.54, 1.807) is 12.2 Å². The van der Waals surface area contributed by atoms with Gasteiger partial charge >= 0.3 is 0 Å². The Morgan fingerprint density at radius 2 is 1.83 bits per heavy atom. The molecule has 0 aliphatic carbocycles. The van der Waals surface area contributed by atoms with E-state index in [-0.39, 0.29) is 6.61 Å². The summed E-state index contributed by atoms with van der Waals surface area (Å²) >= 11 is 0. The highest BCUT2D eigenvalue weighted by molar-refractivity contribution is 5.01. The average Bonchev–Trinajstić information content (AvgIpc) is 2.38. The van der Waals surface area contributed by atoms with Gasteiger partial charge in [-0.15, -0.1) is 0 Å². The lowest BCUT2D eigenvalue weighted by Crippen LogP contribution is -2.59. The molecule has 1 rings (SSSR count). The van der Waals surface area contributed by atoms with Gasteiger partial charge in [-0.2, -0.15) is 0 Å². The highest BCUT2D eigenvalue weighted by Crippen LogP contribution is 2.21. The van der Waals surface area contributed by atoms with Crippen LogP contribution in [0.1, 0.15) is 6.92 Å². The minimum Gasteiger partial charge on any atom is -0.394 e. The molecule has 1 aliphatic rings. The fourth-order valence-corrected chi connectivity index (χ4v) is 1.60. The second-order valence-electron chi connectivity index (χ2n) is 3.98. The molecule has 0 radical (unpaired) electrons. The molecule has 4 N–H and O–H groups in total. The second kappa shape index (κ2) is 7.63. The highest BCUT2D eigenvalue weighted by atomic mass is 16.7. The van der Waals surface area contributed by atoms with Gasteiger partial charge in [-0.25, -0.2) is 0 Å². The van der Waals surface area contributed by atoms with Gasteiger partial charge in [0.05, 0.1) is 13.2 Å². The zero-order chi connectivity index (χ0) is 13.5. The van der Waals surface area contributed by atoms with Crippen molar-refractivity contribution in [3.63, 3.8) is 0 Å². The van der Waals surface area contributed by atoms with Crippen LogP contribution in [0.15, 0.2) is 24.3 Å². The topological polar surface area (TPSA) is 99.4 Å². The van der Waals surface area contributed by atoms with Crippen LogP contribution in [-0.4, -0.2) is 64.3 Å². The predicted octanol–water partition coefficient (Wildman–Crippen LogP) is -1.06. The van der Waals surface area contributed by atoms with E-state index in [2.05, 4.69) is 0 Å². The minimum absolute atomic E-state index is 0.188. The first-order valence-electron chi connectivity index (χ1n) is 5.81. The molecule has 6 nitrogen and oxygen atoms in total. The third-order valence-electron chi connectivity index (χ3n) is 2.64. The van der Waals surface area contributed by atoms with Crippen LogP contribution >= 0.6 is 0 Å². The van der Waals surface area contributed by atoms with E-state index >= 15 is 0 Å². The first-order valence-corrected chi connectivity index (χ1v) is 5.81. The van der Waals surface area contributed by atoms with Gasteiger partial charge in [0.15, 0.2) is 6.29 Å². The summed E-state index contributed by atoms with van der Waals surface area (Å²) < 4.78 is 10.4. The summed E-state index contributed by atoms with van der Waals surface area (Å²) in [5, 5.41) is 37.7. The molecule has 0 aromatic heterocycles. The number of allylic oxidation sites excluding steroid dienone is 3. The van der Waals surface area contributed by atoms with Crippen LogP contribution in [0.5, 0.6) is 0 Å². The molecule has 1 saturated heterocycles. The molecule has 1 fully saturated rings. The number of hydrogen-bond acceptors (Lipinski definition) is 6. The molecule has 18 heavy (non-hydrogen) atoms. The Morgan fingerprint density at radius 3 is 2.44 bits per heavy atom. The van der Waals surface area contributed by atoms with Crippen molar-refractivity contribution in [2.24, 2.45) is 0 Å². The van der Waals surface area contributed by atoms with Gasteiger partial charge in [-0.05, 0) is 6.92 Å². The normalized spacial score (nSPS) is 37.7. The van der Waals surface area contributed by atoms with Crippen molar-refractivity contribution in [3.8, 4) is 0 Å². The van der Waals surface area contributed by atoms with E-state index in [1.807, 2.05) is 19.1 Å². The zero-order valence-electron chi connectivity index (χ0n) is 10.2. The van der Waals surface area contributed by atoms with Gasteiger partial charge < -0.3 is 29.9 Å². The van der Waals surface area contributed by atoms with E-state index in [4.69, 9.17) is 14.6 Å². The van der Waals surface area contributed by atoms with E-state index < -0.39 is 37.3 Å². The van der Waals surface area contributed by atoms with Gasteiger partial charge in [0.2, 0.25) is 0 Å². The third kappa shape index (κ3) is 3.88. The molecule has 0 saturated carbocycles. The van der Waals surface area contributed by atoms with Crippen molar-refractivity contribution in [3.05, 3.63) is 24.3 Å². The number of hydrogen-bond donors (Lipinski definition) is 4. The van der Waals surface area contributed by atoms with Gasteiger partial charge in [0.1, 0.15) is 24.4 Å². The van der Waals surface area contributed by atoms with Crippen LogP contribution in [0.4, 0.5) is 0 Å². The smallest absolute Gasteiger partial charge is 0.187 e.